The lowest BCUT2D eigenvalue weighted by atomic mass is 9.91. The summed E-state index contributed by atoms with van der Waals surface area (Å²) in [5.41, 5.74) is 5.59. The van der Waals surface area contributed by atoms with E-state index < -0.39 is 0 Å². The molecule has 0 aliphatic heterocycles. The van der Waals surface area contributed by atoms with Gasteiger partial charge in [-0.15, -0.1) is 0 Å². The third kappa shape index (κ3) is 1.68. The Hall–Kier alpha value is -2.09. The summed E-state index contributed by atoms with van der Waals surface area (Å²) in [6.45, 7) is 0. The number of hydrogen-bond acceptors (Lipinski definition) is 0. The van der Waals surface area contributed by atoms with Crippen LogP contribution < -0.4 is 0 Å². The monoisotopic (exact) mass is 265 g/mol. The molecule has 0 saturated carbocycles. The molecule has 0 amide bonds. The summed E-state index contributed by atoms with van der Waals surface area (Å²) in [6.07, 6.45) is 4.68. The van der Waals surface area contributed by atoms with Crippen molar-refractivity contribution < 1.29 is 4.39 Å². The van der Waals surface area contributed by atoms with Gasteiger partial charge in [0.05, 0.1) is 0 Å². The molecule has 0 unspecified atom stereocenters. The van der Waals surface area contributed by atoms with E-state index in [2.05, 4.69) is 11.1 Å². The lowest BCUT2D eigenvalue weighted by Gasteiger charge is -2.12. The van der Waals surface area contributed by atoms with Crippen molar-refractivity contribution in [3.63, 3.8) is 0 Å². The van der Waals surface area contributed by atoms with Crippen molar-refractivity contribution in [2.24, 2.45) is 0 Å². The normalized spacial score (nSPS) is 14.4. The van der Waals surface area contributed by atoms with E-state index >= 15 is 0 Å². The Balaban J connectivity index is 2.05. The molecule has 0 bridgehead atoms. The standard InChI is InChI=1S/C18H16FN/c19-15-9-3-1-6-12(15)13-8-5-11-17-18(13)14-7-2-4-10-16(14)20-17/h1,3,5-6,8-9,11,20H,2,4,7,10H2. The molecule has 2 aromatic carbocycles. The van der Waals surface area contributed by atoms with E-state index in [1.807, 2.05) is 24.3 Å². The second kappa shape index (κ2) is 4.48. The maximum atomic E-state index is 14.1. The van der Waals surface area contributed by atoms with E-state index in [1.165, 1.54) is 35.6 Å². The van der Waals surface area contributed by atoms with Crippen LogP contribution in [0.4, 0.5) is 4.39 Å². The number of benzene rings is 2. The predicted molar refractivity (Wildman–Crippen MR) is 80.3 cm³/mol. The fourth-order valence-corrected chi connectivity index (χ4v) is 3.37. The molecule has 1 nitrogen and oxygen atoms in total. The van der Waals surface area contributed by atoms with Gasteiger partial charge in [-0.05, 0) is 48.9 Å². The van der Waals surface area contributed by atoms with Crippen LogP contribution in [0.15, 0.2) is 42.5 Å². The van der Waals surface area contributed by atoms with Gasteiger partial charge in [-0.2, -0.15) is 0 Å². The minimum atomic E-state index is -0.147. The van der Waals surface area contributed by atoms with Gasteiger partial charge in [0.1, 0.15) is 5.82 Å². The van der Waals surface area contributed by atoms with Crippen LogP contribution in [-0.2, 0) is 12.8 Å². The van der Waals surface area contributed by atoms with Crippen LogP contribution in [0.1, 0.15) is 24.1 Å². The van der Waals surface area contributed by atoms with Crippen molar-refractivity contribution in [1.82, 2.24) is 4.98 Å². The van der Waals surface area contributed by atoms with Gasteiger partial charge in [-0.25, -0.2) is 4.39 Å². The lowest BCUT2D eigenvalue weighted by Crippen LogP contribution is -2.00. The number of hydrogen-bond donors (Lipinski definition) is 1. The first-order valence-electron chi connectivity index (χ1n) is 7.22. The third-order valence-corrected chi connectivity index (χ3v) is 4.28. The molecule has 0 radical (unpaired) electrons. The second-order valence-electron chi connectivity index (χ2n) is 5.50. The van der Waals surface area contributed by atoms with Crippen LogP contribution in [0.2, 0.25) is 0 Å². The van der Waals surface area contributed by atoms with E-state index in [4.69, 9.17) is 0 Å². The Morgan fingerprint density at radius 3 is 2.55 bits per heavy atom. The number of aromatic amines is 1. The van der Waals surface area contributed by atoms with E-state index in [0.29, 0.717) is 5.56 Å². The number of H-pyrrole nitrogens is 1. The number of rotatable bonds is 1. The molecule has 0 fully saturated rings. The van der Waals surface area contributed by atoms with Crippen molar-refractivity contribution >= 4 is 10.9 Å². The van der Waals surface area contributed by atoms with Gasteiger partial charge in [0.25, 0.3) is 0 Å². The van der Waals surface area contributed by atoms with E-state index in [1.54, 1.807) is 6.07 Å². The topological polar surface area (TPSA) is 15.8 Å². The average Bonchev–Trinajstić information content (AvgIpc) is 2.86. The Kier molecular flexibility index (Phi) is 2.62. The number of aromatic nitrogens is 1. The van der Waals surface area contributed by atoms with Gasteiger partial charge in [0.15, 0.2) is 0 Å². The van der Waals surface area contributed by atoms with Gasteiger partial charge in [-0.1, -0.05) is 30.3 Å². The second-order valence-corrected chi connectivity index (χ2v) is 5.50. The van der Waals surface area contributed by atoms with Crippen LogP contribution >= 0.6 is 0 Å². The molecule has 1 aromatic heterocycles. The zero-order valence-corrected chi connectivity index (χ0v) is 11.2. The molecule has 1 heterocycles. The van der Waals surface area contributed by atoms with Crippen LogP contribution in [0, 0.1) is 5.82 Å². The van der Waals surface area contributed by atoms with Gasteiger partial charge >= 0.3 is 0 Å². The Morgan fingerprint density at radius 2 is 1.65 bits per heavy atom. The SMILES string of the molecule is Fc1ccccc1-c1cccc2[nH]c3c(c12)CCCC3. The zero-order chi connectivity index (χ0) is 13.5. The van der Waals surface area contributed by atoms with Crippen molar-refractivity contribution in [2.45, 2.75) is 25.7 Å². The molecule has 0 atom stereocenters. The Bertz CT molecular complexity index is 785. The van der Waals surface area contributed by atoms with Crippen molar-refractivity contribution in [3.05, 3.63) is 59.5 Å². The van der Waals surface area contributed by atoms with Gasteiger partial charge in [0, 0.05) is 22.2 Å². The van der Waals surface area contributed by atoms with E-state index in [-0.39, 0.29) is 5.82 Å². The van der Waals surface area contributed by atoms with E-state index in [0.717, 1.165) is 23.9 Å². The lowest BCUT2D eigenvalue weighted by molar-refractivity contribution is 0.631. The van der Waals surface area contributed by atoms with Crippen LogP contribution in [0.3, 0.4) is 0 Å². The average molecular weight is 265 g/mol. The highest BCUT2D eigenvalue weighted by Crippen LogP contribution is 2.36. The van der Waals surface area contributed by atoms with Crippen LogP contribution in [-0.4, -0.2) is 4.98 Å². The minimum Gasteiger partial charge on any atom is -0.358 e. The molecule has 0 spiro atoms. The quantitative estimate of drug-likeness (QED) is 0.647. The highest BCUT2D eigenvalue weighted by molar-refractivity contribution is 5.98. The Labute approximate surface area is 117 Å². The first kappa shape index (κ1) is 11.7. The summed E-state index contributed by atoms with van der Waals surface area (Å²) in [6, 6.07) is 13.2. The fraction of sp³-hybridized carbons (Fsp3) is 0.222. The molecule has 1 N–H and O–H groups in total. The summed E-state index contributed by atoms with van der Waals surface area (Å²) in [5, 5.41) is 1.22. The molecular formula is C18H16FN. The molecule has 3 aromatic rings. The smallest absolute Gasteiger partial charge is 0.131 e. The maximum absolute atomic E-state index is 14.1. The zero-order valence-electron chi connectivity index (χ0n) is 11.2. The highest BCUT2D eigenvalue weighted by atomic mass is 19.1. The van der Waals surface area contributed by atoms with Crippen molar-refractivity contribution in [3.8, 4) is 11.1 Å². The highest BCUT2D eigenvalue weighted by Gasteiger charge is 2.19. The molecule has 20 heavy (non-hydrogen) atoms. The molecule has 100 valence electrons. The maximum Gasteiger partial charge on any atom is 0.131 e. The molecular weight excluding hydrogens is 249 g/mol. The summed E-state index contributed by atoms with van der Waals surface area (Å²) < 4.78 is 14.1. The Morgan fingerprint density at radius 1 is 0.850 bits per heavy atom. The first-order chi connectivity index (χ1) is 9.84. The van der Waals surface area contributed by atoms with Gasteiger partial charge < -0.3 is 4.98 Å². The molecule has 0 saturated heterocycles. The molecule has 1 aliphatic rings. The largest absolute Gasteiger partial charge is 0.358 e. The van der Waals surface area contributed by atoms with Gasteiger partial charge in [0.2, 0.25) is 0 Å². The van der Waals surface area contributed by atoms with Crippen LogP contribution in [0.5, 0.6) is 0 Å². The van der Waals surface area contributed by atoms with Gasteiger partial charge in [-0.3, -0.25) is 0 Å². The number of fused-ring (bicyclic) bond motifs is 3. The van der Waals surface area contributed by atoms with Crippen LogP contribution in [0.25, 0.3) is 22.0 Å². The minimum absolute atomic E-state index is 0.147. The van der Waals surface area contributed by atoms with Crippen molar-refractivity contribution in [2.75, 3.05) is 0 Å². The number of nitrogens with one attached hydrogen (secondary N) is 1. The fourth-order valence-electron chi connectivity index (χ4n) is 3.37. The molecule has 4 rings (SSSR count). The third-order valence-electron chi connectivity index (χ3n) is 4.28. The summed E-state index contributed by atoms with van der Waals surface area (Å²) in [5.74, 6) is -0.147. The van der Waals surface area contributed by atoms with E-state index in [9.17, 15) is 4.39 Å². The summed E-state index contributed by atoms with van der Waals surface area (Å²) >= 11 is 0. The van der Waals surface area contributed by atoms with Crippen molar-refractivity contribution in [1.29, 1.82) is 0 Å². The molecule has 2 heteroatoms. The molecule has 1 aliphatic carbocycles. The summed E-state index contributed by atoms with van der Waals surface area (Å²) in [4.78, 5) is 3.52. The summed E-state index contributed by atoms with van der Waals surface area (Å²) in [7, 11) is 0. The predicted octanol–water partition coefficient (Wildman–Crippen LogP) is 4.85. The number of halogens is 1. The number of aryl methyl sites for hydroxylation is 2. The first-order valence-corrected chi connectivity index (χ1v) is 7.22.